The Labute approximate surface area is 157 Å². The van der Waals surface area contributed by atoms with Crippen LogP contribution in [0.15, 0.2) is 42.6 Å². The second-order valence-electron chi connectivity index (χ2n) is 6.66. The average Bonchev–Trinajstić information content (AvgIpc) is 3.34. The van der Waals surface area contributed by atoms with Crippen LogP contribution in [0.1, 0.15) is 18.4 Å². The van der Waals surface area contributed by atoms with E-state index in [1.165, 1.54) is 0 Å². The number of ether oxygens (including phenoxy) is 1. The zero-order valence-electron chi connectivity index (χ0n) is 15.2. The third-order valence-corrected chi connectivity index (χ3v) is 4.85. The van der Waals surface area contributed by atoms with Crippen molar-refractivity contribution in [2.24, 2.45) is 0 Å². The van der Waals surface area contributed by atoms with Crippen molar-refractivity contribution in [2.45, 2.75) is 32.0 Å². The van der Waals surface area contributed by atoms with Crippen LogP contribution in [-0.2, 0) is 13.1 Å². The molecule has 1 saturated heterocycles. The first kappa shape index (κ1) is 17.4. The average molecular weight is 366 g/mol. The van der Waals surface area contributed by atoms with Gasteiger partial charge in [-0.1, -0.05) is 12.1 Å². The Balaban J connectivity index is 1.44. The van der Waals surface area contributed by atoms with Crippen LogP contribution >= 0.6 is 0 Å². The number of rotatable bonds is 6. The molecule has 1 fully saturated rings. The zero-order chi connectivity index (χ0) is 18.6. The predicted molar refractivity (Wildman–Crippen MR) is 99.1 cm³/mol. The number of methoxy groups -OCH3 is 1. The molecule has 27 heavy (non-hydrogen) atoms. The number of phenolic OH excluding ortho intramolecular Hbond substituents is 1. The number of aromatic hydroxyl groups is 1. The molecule has 0 spiro atoms. The summed E-state index contributed by atoms with van der Waals surface area (Å²) in [6.45, 7) is 2.51. The van der Waals surface area contributed by atoms with E-state index < -0.39 is 0 Å². The molecule has 8 nitrogen and oxygen atoms in total. The zero-order valence-corrected chi connectivity index (χ0v) is 15.2. The van der Waals surface area contributed by atoms with E-state index in [1.807, 2.05) is 30.3 Å². The normalized spacial score (nSPS) is 17.3. The van der Waals surface area contributed by atoms with E-state index in [0.717, 1.165) is 37.2 Å². The number of phenols is 1. The van der Waals surface area contributed by atoms with Crippen molar-refractivity contribution in [3.05, 3.63) is 48.2 Å². The first-order valence-electron chi connectivity index (χ1n) is 9.02. The van der Waals surface area contributed by atoms with Crippen molar-refractivity contribution in [1.82, 2.24) is 30.1 Å². The van der Waals surface area contributed by atoms with Crippen molar-refractivity contribution in [1.29, 1.82) is 0 Å². The maximum Gasteiger partial charge on any atom is 0.223 e. The Morgan fingerprint density at radius 3 is 3.00 bits per heavy atom. The fourth-order valence-corrected chi connectivity index (χ4v) is 3.47. The standard InChI is InChI=1S/C19H22N6O2/c1-27-18-11-14(7-8-17(18)26)12-24-10-4-5-15(24)13-25-22-19(21-23-25)16-6-2-3-9-20-16/h2-3,6-9,11,15,26H,4-5,10,12-13H2,1H3/t15-/m1/s1. The van der Waals surface area contributed by atoms with Crippen LogP contribution in [0.4, 0.5) is 0 Å². The quantitative estimate of drug-likeness (QED) is 0.715. The molecule has 1 aliphatic rings. The van der Waals surface area contributed by atoms with Crippen molar-refractivity contribution < 1.29 is 9.84 Å². The fraction of sp³-hybridized carbons (Fsp3) is 0.368. The summed E-state index contributed by atoms with van der Waals surface area (Å²) in [6, 6.07) is 11.5. The highest BCUT2D eigenvalue weighted by Crippen LogP contribution is 2.28. The molecule has 8 heteroatoms. The first-order valence-corrected chi connectivity index (χ1v) is 9.02. The largest absolute Gasteiger partial charge is 0.504 e. The molecular formula is C19H22N6O2. The molecule has 0 bridgehead atoms. The van der Waals surface area contributed by atoms with Crippen LogP contribution in [0.3, 0.4) is 0 Å². The van der Waals surface area contributed by atoms with Gasteiger partial charge in [0, 0.05) is 18.8 Å². The number of benzene rings is 1. The molecule has 1 N–H and O–H groups in total. The molecule has 1 atom stereocenters. The van der Waals surface area contributed by atoms with Gasteiger partial charge in [0.15, 0.2) is 11.5 Å². The second-order valence-corrected chi connectivity index (χ2v) is 6.66. The predicted octanol–water partition coefficient (Wildman–Crippen LogP) is 2.11. The Morgan fingerprint density at radius 1 is 1.26 bits per heavy atom. The molecule has 140 valence electrons. The van der Waals surface area contributed by atoms with E-state index in [9.17, 15) is 5.11 Å². The highest BCUT2D eigenvalue weighted by Gasteiger charge is 2.26. The summed E-state index contributed by atoms with van der Waals surface area (Å²) in [5, 5.41) is 22.6. The van der Waals surface area contributed by atoms with Gasteiger partial charge in [-0.3, -0.25) is 9.88 Å². The minimum Gasteiger partial charge on any atom is -0.504 e. The molecule has 0 unspecified atom stereocenters. The maximum absolute atomic E-state index is 9.77. The van der Waals surface area contributed by atoms with Crippen molar-refractivity contribution in [3.8, 4) is 23.0 Å². The van der Waals surface area contributed by atoms with Crippen LogP contribution < -0.4 is 4.74 Å². The molecule has 0 amide bonds. The topological polar surface area (TPSA) is 89.2 Å². The van der Waals surface area contributed by atoms with Gasteiger partial charge in [-0.2, -0.15) is 4.80 Å². The minimum absolute atomic E-state index is 0.160. The van der Waals surface area contributed by atoms with E-state index in [4.69, 9.17) is 4.74 Å². The van der Waals surface area contributed by atoms with Crippen LogP contribution in [0.2, 0.25) is 0 Å². The van der Waals surface area contributed by atoms with Crippen LogP contribution in [0, 0.1) is 0 Å². The van der Waals surface area contributed by atoms with Gasteiger partial charge >= 0.3 is 0 Å². The van der Waals surface area contributed by atoms with Gasteiger partial charge in [-0.05, 0) is 54.4 Å². The summed E-state index contributed by atoms with van der Waals surface area (Å²) < 4.78 is 5.21. The van der Waals surface area contributed by atoms with Crippen molar-refractivity contribution >= 4 is 0 Å². The van der Waals surface area contributed by atoms with E-state index in [2.05, 4.69) is 25.3 Å². The monoisotopic (exact) mass is 366 g/mol. The van der Waals surface area contributed by atoms with Crippen molar-refractivity contribution in [3.63, 3.8) is 0 Å². The summed E-state index contributed by atoms with van der Waals surface area (Å²) in [5.74, 6) is 1.21. The Morgan fingerprint density at radius 2 is 2.19 bits per heavy atom. The lowest BCUT2D eigenvalue weighted by atomic mass is 10.1. The summed E-state index contributed by atoms with van der Waals surface area (Å²) >= 11 is 0. The minimum atomic E-state index is 0.160. The van der Waals surface area contributed by atoms with Gasteiger partial charge in [-0.15, -0.1) is 10.2 Å². The van der Waals surface area contributed by atoms with Gasteiger partial charge in [0.1, 0.15) is 5.69 Å². The van der Waals surface area contributed by atoms with E-state index in [1.54, 1.807) is 24.2 Å². The molecule has 0 radical (unpaired) electrons. The lowest BCUT2D eigenvalue weighted by Crippen LogP contribution is -2.33. The third-order valence-electron chi connectivity index (χ3n) is 4.85. The molecule has 3 heterocycles. The van der Waals surface area contributed by atoms with Gasteiger partial charge in [0.2, 0.25) is 5.82 Å². The molecule has 2 aromatic heterocycles. The Kier molecular flexibility index (Phi) is 4.97. The highest BCUT2D eigenvalue weighted by atomic mass is 16.5. The van der Waals surface area contributed by atoms with Gasteiger partial charge in [0.05, 0.1) is 13.7 Å². The first-order chi connectivity index (χ1) is 13.2. The lowest BCUT2D eigenvalue weighted by Gasteiger charge is -2.24. The number of tetrazole rings is 1. The summed E-state index contributed by atoms with van der Waals surface area (Å²) in [6.07, 6.45) is 3.96. The Bertz CT molecular complexity index is 898. The van der Waals surface area contributed by atoms with E-state index >= 15 is 0 Å². The van der Waals surface area contributed by atoms with Crippen LogP contribution in [0.5, 0.6) is 11.5 Å². The SMILES string of the molecule is COc1cc(CN2CCC[C@@H]2Cn2nnc(-c3ccccn3)n2)ccc1O. The summed E-state index contributed by atoms with van der Waals surface area (Å²) in [7, 11) is 1.56. The Hall–Kier alpha value is -3.00. The van der Waals surface area contributed by atoms with E-state index in [0.29, 0.717) is 24.2 Å². The molecule has 0 aliphatic carbocycles. The van der Waals surface area contributed by atoms with Crippen LogP contribution in [-0.4, -0.2) is 54.9 Å². The molecule has 1 aromatic carbocycles. The van der Waals surface area contributed by atoms with E-state index in [-0.39, 0.29) is 5.75 Å². The van der Waals surface area contributed by atoms with Gasteiger partial charge < -0.3 is 9.84 Å². The summed E-state index contributed by atoms with van der Waals surface area (Å²) in [4.78, 5) is 8.34. The smallest absolute Gasteiger partial charge is 0.223 e. The highest BCUT2D eigenvalue weighted by molar-refractivity contribution is 5.46. The molecule has 4 rings (SSSR count). The fourth-order valence-electron chi connectivity index (χ4n) is 3.47. The number of nitrogens with zero attached hydrogens (tertiary/aromatic N) is 6. The summed E-state index contributed by atoms with van der Waals surface area (Å²) in [5.41, 5.74) is 1.83. The molecule has 1 aliphatic heterocycles. The van der Waals surface area contributed by atoms with Gasteiger partial charge in [-0.25, -0.2) is 0 Å². The van der Waals surface area contributed by atoms with Crippen molar-refractivity contribution in [2.75, 3.05) is 13.7 Å². The lowest BCUT2D eigenvalue weighted by molar-refractivity contribution is 0.211. The molecular weight excluding hydrogens is 344 g/mol. The number of pyridine rings is 1. The third kappa shape index (κ3) is 3.90. The molecule has 0 saturated carbocycles. The number of aromatic nitrogens is 5. The number of likely N-dealkylation sites (tertiary alicyclic amines) is 1. The number of hydrogen-bond donors (Lipinski definition) is 1. The van der Waals surface area contributed by atoms with Gasteiger partial charge in [0.25, 0.3) is 0 Å². The molecule has 3 aromatic rings. The second kappa shape index (κ2) is 7.71. The number of hydrogen-bond acceptors (Lipinski definition) is 7. The maximum atomic E-state index is 9.77. The van der Waals surface area contributed by atoms with Crippen LogP contribution in [0.25, 0.3) is 11.5 Å².